The van der Waals surface area contributed by atoms with Crippen molar-refractivity contribution >= 4 is 0 Å². The summed E-state index contributed by atoms with van der Waals surface area (Å²) in [5.74, 6) is 3.92. The molecule has 4 bridgehead atoms. The van der Waals surface area contributed by atoms with Gasteiger partial charge >= 0.3 is 0 Å². The van der Waals surface area contributed by atoms with E-state index in [-0.39, 0.29) is 0 Å². The highest BCUT2D eigenvalue weighted by atomic mass is 14.6. The quantitative estimate of drug-likeness (QED) is 0.637. The van der Waals surface area contributed by atoms with Gasteiger partial charge in [-0.1, -0.05) is 37.3 Å². The van der Waals surface area contributed by atoms with Crippen LogP contribution in [0.4, 0.5) is 0 Å². The Morgan fingerprint density at radius 1 is 1.00 bits per heavy atom. The van der Waals surface area contributed by atoms with E-state index in [1.54, 1.807) is 5.56 Å². The highest BCUT2D eigenvalue weighted by Gasteiger charge is 2.56. The molecule has 0 atom stereocenters. The van der Waals surface area contributed by atoms with Crippen LogP contribution in [0.2, 0.25) is 0 Å². The monoisotopic (exact) mass is 280 g/mol. The lowest BCUT2D eigenvalue weighted by Crippen LogP contribution is -2.55. The normalized spacial score (nSPS) is 40.4. The molecule has 0 heterocycles. The molecule has 0 aromatic heterocycles. The van der Waals surface area contributed by atoms with Crippen molar-refractivity contribution in [1.82, 2.24) is 0 Å². The summed E-state index contributed by atoms with van der Waals surface area (Å²) in [6.07, 6.45) is 12.0. The number of hydrogen-bond donors (Lipinski definition) is 0. The predicted molar refractivity (Wildman–Crippen MR) is 89.4 cm³/mol. The number of benzene rings is 1. The minimum Gasteiger partial charge on any atom is -0.103 e. The first-order chi connectivity index (χ1) is 10.3. The first-order valence-electron chi connectivity index (χ1n) is 8.96. The SMILES string of the molecule is C=CCC1(c2ccc(CC)cc2)C2CC3CC(C2)CC1C3. The number of aryl methyl sites for hydroxylation is 1. The van der Waals surface area contributed by atoms with Gasteiger partial charge < -0.3 is 0 Å². The van der Waals surface area contributed by atoms with Gasteiger partial charge in [0.15, 0.2) is 0 Å². The maximum absolute atomic E-state index is 4.12. The van der Waals surface area contributed by atoms with Crippen molar-refractivity contribution in [3.8, 4) is 0 Å². The number of hydrogen-bond acceptors (Lipinski definition) is 0. The molecule has 21 heavy (non-hydrogen) atoms. The summed E-state index contributed by atoms with van der Waals surface area (Å²) in [5, 5.41) is 0. The lowest BCUT2D eigenvalue weighted by Gasteiger charge is -2.61. The molecule has 0 spiro atoms. The first-order valence-corrected chi connectivity index (χ1v) is 8.96. The molecule has 0 nitrogen and oxygen atoms in total. The average Bonchev–Trinajstić information content (AvgIpc) is 2.50. The Labute approximate surface area is 129 Å². The van der Waals surface area contributed by atoms with E-state index in [1.165, 1.54) is 44.1 Å². The van der Waals surface area contributed by atoms with Gasteiger partial charge in [0.05, 0.1) is 0 Å². The van der Waals surface area contributed by atoms with Crippen LogP contribution in [0.5, 0.6) is 0 Å². The Morgan fingerprint density at radius 3 is 2.05 bits per heavy atom. The fourth-order valence-corrected chi connectivity index (χ4v) is 6.24. The van der Waals surface area contributed by atoms with Crippen molar-refractivity contribution in [3.63, 3.8) is 0 Å². The van der Waals surface area contributed by atoms with E-state index >= 15 is 0 Å². The van der Waals surface area contributed by atoms with E-state index < -0.39 is 0 Å². The van der Waals surface area contributed by atoms with Gasteiger partial charge in [0.25, 0.3) is 0 Å². The molecule has 4 aliphatic rings. The molecule has 1 aromatic carbocycles. The highest BCUT2D eigenvalue weighted by molar-refractivity contribution is 5.34. The van der Waals surface area contributed by atoms with Gasteiger partial charge in [0, 0.05) is 5.41 Å². The lowest BCUT2D eigenvalue weighted by atomic mass is 9.43. The summed E-state index contributed by atoms with van der Waals surface area (Å²) in [6.45, 7) is 6.36. The molecule has 0 radical (unpaired) electrons. The standard InChI is InChI=1S/C21H28/c1-3-9-21(18-7-5-15(4-2)6-8-18)19-11-16-10-17(13-19)14-20(21)12-16/h3,5-8,16-17,19-20H,1,4,9-14H2,2H3. The Morgan fingerprint density at radius 2 is 1.57 bits per heavy atom. The van der Waals surface area contributed by atoms with Crippen molar-refractivity contribution in [2.45, 2.75) is 57.3 Å². The second-order valence-corrected chi connectivity index (χ2v) is 7.89. The van der Waals surface area contributed by atoms with E-state index in [1.807, 2.05) is 0 Å². The van der Waals surface area contributed by atoms with E-state index in [0.29, 0.717) is 5.41 Å². The molecular formula is C21H28. The third-order valence-corrected chi connectivity index (χ3v) is 6.98. The second kappa shape index (κ2) is 5.00. The third-order valence-electron chi connectivity index (χ3n) is 6.98. The zero-order chi connectivity index (χ0) is 14.4. The van der Waals surface area contributed by atoms with Gasteiger partial charge in [-0.15, -0.1) is 6.58 Å². The van der Waals surface area contributed by atoms with Crippen LogP contribution in [-0.2, 0) is 11.8 Å². The maximum Gasteiger partial charge on any atom is 0.00442 e. The van der Waals surface area contributed by atoms with Gasteiger partial charge in [-0.2, -0.15) is 0 Å². The molecule has 112 valence electrons. The fraction of sp³-hybridized carbons (Fsp3) is 0.619. The Balaban J connectivity index is 1.77. The lowest BCUT2D eigenvalue weighted by molar-refractivity contribution is -0.0598. The van der Waals surface area contributed by atoms with Crippen LogP contribution in [0.3, 0.4) is 0 Å². The van der Waals surface area contributed by atoms with Gasteiger partial charge in [-0.05, 0) is 79.7 Å². The average molecular weight is 280 g/mol. The first kappa shape index (κ1) is 13.6. The van der Waals surface area contributed by atoms with Crippen LogP contribution in [0.1, 0.15) is 56.6 Å². The molecule has 0 heteroatoms. The second-order valence-electron chi connectivity index (χ2n) is 7.89. The molecular weight excluding hydrogens is 252 g/mol. The predicted octanol–water partition coefficient (Wildman–Crippen LogP) is 5.52. The summed E-state index contributed by atoms with van der Waals surface area (Å²) in [6, 6.07) is 9.63. The van der Waals surface area contributed by atoms with Crippen LogP contribution < -0.4 is 0 Å². The molecule has 4 saturated carbocycles. The van der Waals surface area contributed by atoms with Crippen molar-refractivity contribution in [3.05, 3.63) is 48.0 Å². The van der Waals surface area contributed by atoms with Crippen LogP contribution in [0.25, 0.3) is 0 Å². The zero-order valence-corrected chi connectivity index (χ0v) is 13.4. The molecule has 4 aliphatic carbocycles. The molecule has 0 saturated heterocycles. The van der Waals surface area contributed by atoms with E-state index in [9.17, 15) is 0 Å². The van der Waals surface area contributed by atoms with Crippen LogP contribution >= 0.6 is 0 Å². The third kappa shape index (κ3) is 1.94. The molecule has 0 unspecified atom stereocenters. The van der Waals surface area contributed by atoms with E-state index in [2.05, 4.69) is 43.8 Å². The van der Waals surface area contributed by atoms with Gasteiger partial charge in [-0.3, -0.25) is 0 Å². The Kier molecular flexibility index (Phi) is 3.24. The van der Waals surface area contributed by atoms with Crippen LogP contribution in [0.15, 0.2) is 36.9 Å². The van der Waals surface area contributed by atoms with Crippen molar-refractivity contribution in [1.29, 1.82) is 0 Å². The van der Waals surface area contributed by atoms with Gasteiger partial charge in [0.2, 0.25) is 0 Å². The molecule has 0 N–H and O–H groups in total. The summed E-state index contributed by atoms with van der Waals surface area (Å²) < 4.78 is 0. The summed E-state index contributed by atoms with van der Waals surface area (Å²) >= 11 is 0. The smallest absolute Gasteiger partial charge is 0.00442 e. The van der Waals surface area contributed by atoms with Crippen LogP contribution in [-0.4, -0.2) is 0 Å². The zero-order valence-electron chi connectivity index (χ0n) is 13.4. The minimum atomic E-state index is 0.418. The summed E-state index contributed by atoms with van der Waals surface area (Å²) in [4.78, 5) is 0. The molecule has 0 aliphatic heterocycles. The summed E-state index contributed by atoms with van der Waals surface area (Å²) in [7, 11) is 0. The van der Waals surface area contributed by atoms with Gasteiger partial charge in [-0.25, -0.2) is 0 Å². The highest BCUT2D eigenvalue weighted by Crippen LogP contribution is 2.64. The number of rotatable bonds is 4. The molecule has 0 amide bonds. The van der Waals surface area contributed by atoms with Crippen molar-refractivity contribution < 1.29 is 0 Å². The van der Waals surface area contributed by atoms with E-state index in [4.69, 9.17) is 0 Å². The Bertz CT molecular complexity index is 493. The fourth-order valence-electron chi connectivity index (χ4n) is 6.24. The molecule has 4 fully saturated rings. The van der Waals surface area contributed by atoms with Crippen LogP contribution in [0, 0.1) is 23.7 Å². The maximum atomic E-state index is 4.12. The van der Waals surface area contributed by atoms with Gasteiger partial charge in [0.1, 0.15) is 0 Å². The van der Waals surface area contributed by atoms with Crippen molar-refractivity contribution in [2.75, 3.05) is 0 Å². The van der Waals surface area contributed by atoms with E-state index in [0.717, 1.165) is 30.1 Å². The number of allylic oxidation sites excluding steroid dienone is 1. The summed E-state index contributed by atoms with van der Waals surface area (Å²) in [5.41, 5.74) is 3.51. The molecule has 1 aromatic rings. The van der Waals surface area contributed by atoms with Crippen molar-refractivity contribution in [2.24, 2.45) is 23.7 Å². The topological polar surface area (TPSA) is 0 Å². The molecule has 5 rings (SSSR count). The Hall–Kier alpha value is -1.04. The minimum absolute atomic E-state index is 0.418. The largest absolute Gasteiger partial charge is 0.103 e.